The Hall–Kier alpha value is -3.80. The van der Waals surface area contributed by atoms with Gasteiger partial charge >= 0.3 is 11.9 Å². The van der Waals surface area contributed by atoms with Crippen LogP contribution in [-0.2, 0) is 20.8 Å². The van der Waals surface area contributed by atoms with Gasteiger partial charge in [-0.1, -0.05) is 42.5 Å². The van der Waals surface area contributed by atoms with Crippen LogP contribution in [0.15, 0.2) is 60.7 Å². The van der Waals surface area contributed by atoms with Crippen LogP contribution in [0, 0.1) is 6.92 Å². The number of nitrogens with zero attached hydrogens (tertiary/aromatic N) is 1. The molecule has 0 atom stereocenters. The van der Waals surface area contributed by atoms with Gasteiger partial charge in [0, 0.05) is 23.9 Å². The number of benzene rings is 2. The first-order valence-corrected chi connectivity index (χ1v) is 10.3. The summed E-state index contributed by atoms with van der Waals surface area (Å²) >= 11 is 0. The maximum atomic E-state index is 13.1. The van der Waals surface area contributed by atoms with Crippen LogP contribution in [0.1, 0.15) is 34.1 Å². The molecule has 3 rings (SSSR count). The minimum Gasteiger partial charge on any atom is -0.497 e. The molecule has 2 aromatic carbocycles. The van der Waals surface area contributed by atoms with Crippen LogP contribution in [0.5, 0.6) is 5.75 Å². The number of carbonyl (C=O) groups excluding carboxylic acids is 2. The smallest absolute Gasteiger partial charge is 0.340 e. The van der Waals surface area contributed by atoms with E-state index in [-0.39, 0.29) is 6.61 Å². The van der Waals surface area contributed by atoms with Crippen LogP contribution in [0.4, 0.5) is 0 Å². The standard InChI is InChI=1S/C26H27NO5/c1-5-32-26(29)24-22(15-16-23(28)31-4)18(2)27(25(24)20-9-7-6-8-10-20)17-19-11-13-21(30-3)14-12-19/h6-16H,5,17H2,1-4H3/b16-15+. The maximum absolute atomic E-state index is 13.1. The Kier molecular flexibility index (Phi) is 7.49. The van der Waals surface area contributed by atoms with Crippen LogP contribution in [0.3, 0.4) is 0 Å². The minimum atomic E-state index is -0.497. The van der Waals surface area contributed by atoms with E-state index in [9.17, 15) is 9.59 Å². The zero-order valence-electron chi connectivity index (χ0n) is 18.8. The van der Waals surface area contributed by atoms with Crippen molar-refractivity contribution in [2.45, 2.75) is 20.4 Å². The highest BCUT2D eigenvalue weighted by atomic mass is 16.5. The number of carbonyl (C=O) groups is 2. The predicted octanol–water partition coefficient (Wildman–Crippen LogP) is 4.88. The van der Waals surface area contributed by atoms with Gasteiger partial charge in [0.2, 0.25) is 0 Å². The predicted molar refractivity (Wildman–Crippen MR) is 124 cm³/mol. The molecule has 0 N–H and O–H groups in total. The highest BCUT2D eigenvalue weighted by Crippen LogP contribution is 2.34. The average Bonchev–Trinajstić information content (AvgIpc) is 3.10. The first-order chi connectivity index (χ1) is 15.5. The van der Waals surface area contributed by atoms with Gasteiger partial charge in [-0.15, -0.1) is 0 Å². The fraction of sp³-hybridized carbons (Fsp3) is 0.231. The molecule has 0 unspecified atom stereocenters. The first-order valence-electron chi connectivity index (χ1n) is 10.3. The number of aromatic nitrogens is 1. The summed E-state index contributed by atoms with van der Waals surface area (Å²) in [6.45, 7) is 4.47. The van der Waals surface area contributed by atoms with Crippen molar-refractivity contribution >= 4 is 18.0 Å². The van der Waals surface area contributed by atoms with Gasteiger partial charge in [-0.25, -0.2) is 9.59 Å². The minimum absolute atomic E-state index is 0.246. The summed E-state index contributed by atoms with van der Waals surface area (Å²) < 4.78 is 17.5. The Bertz CT molecular complexity index is 1110. The van der Waals surface area contributed by atoms with E-state index in [1.54, 1.807) is 20.1 Å². The Morgan fingerprint density at radius 2 is 1.69 bits per heavy atom. The Morgan fingerprint density at radius 3 is 2.28 bits per heavy atom. The van der Waals surface area contributed by atoms with Crippen molar-refractivity contribution < 1.29 is 23.8 Å². The van der Waals surface area contributed by atoms with Crippen LogP contribution in [0.25, 0.3) is 17.3 Å². The van der Waals surface area contributed by atoms with Crippen LogP contribution in [-0.4, -0.2) is 37.3 Å². The van der Waals surface area contributed by atoms with Crippen molar-refractivity contribution in [3.63, 3.8) is 0 Å². The first kappa shape index (κ1) is 22.9. The molecule has 0 spiro atoms. The molecular formula is C26H27NO5. The quantitative estimate of drug-likeness (QED) is 0.374. The Labute approximate surface area is 188 Å². The van der Waals surface area contributed by atoms with Gasteiger partial charge in [-0.3, -0.25) is 0 Å². The third kappa shape index (κ3) is 4.91. The lowest BCUT2D eigenvalue weighted by Gasteiger charge is -2.14. The molecule has 0 aliphatic heterocycles. The molecule has 0 aliphatic carbocycles. The number of ether oxygens (including phenoxy) is 3. The molecule has 0 aliphatic rings. The van der Waals surface area contributed by atoms with Crippen molar-refractivity contribution in [3.05, 3.63) is 83.1 Å². The maximum Gasteiger partial charge on any atom is 0.340 e. The van der Waals surface area contributed by atoms with E-state index in [2.05, 4.69) is 4.57 Å². The van der Waals surface area contributed by atoms with Crippen molar-refractivity contribution in [1.82, 2.24) is 4.57 Å². The van der Waals surface area contributed by atoms with Crippen LogP contribution >= 0.6 is 0 Å². The second-order valence-corrected chi connectivity index (χ2v) is 7.10. The second kappa shape index (κ2) is 10.5. The zero-order valence-corrected chi connectivity index (χ0v) is 18.8. The molecule has 0 amide bonds. The largest absolute Gasteiger partial charge is 0.497 e. The van der Waals surface area contributed by atoms with E-state index in [1.165, 1.54) is 13.2 Å². The molecule has 0 bridgehead atoms. The zero-order chi connectivity index (χ0) is 23.1. The summed E-state index contributed by atoms with van der Waals surface area (Å²) in [6.07, 6.45) is 2.93. The third-order valence-electron chi connectivity index (χ3n) is 5.18. The molecule has 0 saturated heterocycles. The van der Waals surface area contributed by atoms with Crippen molar-refractivity contribution in [3.8, 4) is 17.0 Å². The average molecular weight is 434 g/mol. The Morgan fingerprint density at radius 1 is 1.00 bits per heavy atom. The summed E-state index contributed by atoms with van der Waals surface area (Å²) in [6, 6.07) is 17.5. The van der Waals surface area contributed by atoms with Gasteiger partial charge in [0.25, 0.3) is 0 Å². The molecule has 1 aromatic heterocycles. The molecule has 6 nitrogen and oxygen atoms in total. The molecule has 3 aromatic rings. The van der Waals surface area contributed by atoms with Crippen molar-refractivity contribution in [1.29, 1.82) is 0 Å². The lowest BCUT2D eigenvalue weighted by molar-refractivity contribution is -0.134. The highest BCUT2D eigenvalue weighted by molar-refractivity contribution is 6.02. The summed E-state index contributed by atoms with van der Waals surface area (Å²) in [5.74, 6) is -0.161. The van der Waals surface area contributed by atoms with Crippen molar-refractivity contribution in [2.24, 2.45) is 0 Å². The molecular weight excluding hydrogens is 406 g/mol. The van der Waals surface area contributed by atoms with Gasteiger partial charge in [0.1, 0.15) is 5.75 Å². The highest BCUT2D eigenvalue weighted by Gasteiger charge is 2.26. The lowest BCUT2D eigenvalue weighted by Crippen LogP contribution is -2.09. The summed E-state index contributed by atoms with van der Waals surface area (Å²) in [7, 11) is 2.94. The fourth-order valence-corrected chi connectivity index (χ4v) is 3.60. The van der Waals surface area contributed by atoms with Gasteiger partial charge in [0.05, 0.1) is 32.1 Å². The number of methoxy groups -OCH3 is 2. The van der Waals surface area contributed by atoms with Crippen LogP contribution < -0.4 is 4.74 Å². The number of hydrogen-bond acceptors (Lipinski definition) is 5. The Balaban J connectivity index is 2.24. The SMILES string of the molecule is CCOC(=O)c1c(/C=C/C(=O)OC)c(C)n(Cc2ccc(OC)cc2)c1-c1ccccc1. The molecule has 0 fully saturated rings. The van der Waals surface area contributed by atoms with Gasteiger partial charge in [-0.05, 0) is 43.2 Å². The lowest BCUT2D eigenvalue weighted by atomic mass is 10.0. The molecule has 0 saturated carbocycles. The summed E-state index contributed by atoms with van der Waals surface area (Å²) in [4.78, 5) is 24.8. The van der Waals surface area contributed by atoms with E-state index < -0.39 is 11.9 Å². The van der Waals surface area contributed by atoms with E-state index in [0.717, 1.165) is 28.3 Å². The summed E-state index contributed by atoms with van der Waals surface area (Å²) in [5, 5.41) is 0. The molecule has 0 radical (unpaired) electrons. The fourth-order valence-electron chi connectivity index (χ4n) is 3.60. The van der Waals surface area contributed by atoms with Gasteiger partial charge in [-0.2, -0.15) is 0 Å². The van der Waals surface area contributed by atoms with Gasteiger partial charge < -0.3 is 18.8 Å². The van der Waals surface area contributed by atoms with E-state index in [1.807, 2.05) is 61.5 Å². The van der Waals surface area contributed by atoms with E-state index in [4.69, 9.17) is 14.2 Å². The number of rotatable bonds is 8. The molecule has 32 heavy (non-hydrogen) atoms. The van der Waals surface area contributed by atoms with Crippen LogP contribution in [0.2, 0.25) is 0 Å². The number of hydrogen-bond donors (Lipinski definition) is 0. The third-order valence-corrected chi connectivity index (χ3v) is 5.18. The van der Waals surface area contributed by atoms with Gasteiger partial charge in [0.15, 0.2) is 0 Å². The van der Waals surface area contributed by atoms with E-state index in [0.29, 0.717) is 17.7 Å². The van der Waals surface area contributed by atoms with E-state index >= 15 is 0 Å². The molecule has 6 heteroatoms. The second-order valence-electron chi connectivity index (χ2n) is 7.10. The molecule has 166 valence electrons. The number of esters is 2. The normalized spacial score (nSPS) is 10.9. The topological polar surface area (TPSA) is 66.8 Å². The van der Waals surface area contributed by atoms with Crippen molar-refractivity contribution in [2.75, 3.05) is 20.8 Å². The monoisotopic (exact) mass is 433 g/mol. The molecule has 1 heterocycles. The summed E-state index contributed by atoms with van der Waals surface area (Å²) in [5.41, 5.74) is 4.54.